The summed E-state index contributed by atoms with van der Waals surface area (Å²) >= 11 is 0. The van der Waals surface area contributed by atoms with Crippen LogP contribution in [-0.4, -0.2) is 75.9 Å². The molecule has 1 heterocycles. The maximum atomic E-state index is 11.9. The minimum Gasteiger partial charge on any atom is -0.497 e. The quantitative estimate of drug-likeness (QED) is 0.394. The van der Waals surface area contributed by atoms with E-state index in [1.54, 1.807) is 7.11 Å². The largest absolute Gasteiger partial charge is 0.497 e. The molecule has 1 amide bonds. The van der Waals surface area contributed by atoms with Crippen LogP contribution in [0.3, 0.4) is 0 Å². The van der Waals surface area contributed by atoms with Crippen LogP contribution in [0.15, 0.2) is 29.3 Å². The Hall–Kier alpha value is -2.32. The molecule has 8 nitrogen and oxygen atoms in total. The first-order valence-corrected chi connectivity index (χ1v) is 10.8. The van der Waals surface area contributed by atoms with Gasteiger partial charge in [0.05, 0.1) is 32.9 Å². The van der Waals surface area contributed by atoms with E-state index in [0.717, 1.165) is 44.6 Å². The lowest BCUT2D eigenvalue weighted by Crippen LogP contribution is -2.42. The number of hydrogen-bond donors (Lipinski definition) is 3. The smallest absolute Gasteiger partial charge is 0.221 e. The minimum absolute atomic E-state index is 0.0396. The Morgan fingerprint density at radius 3 is 2.50 bits per heavy atom. The second kappa shape index (κ2) is 13.1. The van der Waals surface area contributed by atoms with Crippen LogP contribution in [-0.2, 0) is 9.53 Å². The fourth-order valence-corrected chi connectivity index (χ4v) is 3.35. The van der Waals surface area contributed by atoms with E-state index in [1.165, 1.54) is 5.56 Å². The Balaban J connectivity index is 2.04. The number of carbonyl (C=O) groups excluding carboxylic acids is 1. The van der Waals surface area contributed by atoms with Gasteiger partial charge in [-0.15, -0.1) is 0 Å². The Kier molecular flexibility index (Phi) is 10.4. The average Bonchev–Trinajstić information content (AvgIpc) is 2.74. The molecule has 2 rings (SSSR count). The van der Waals surface area contributed by atoms with Gasteiger partial charge < -0.3 is 25.4 Å². The van der Waals surface area contributed by atoms with Crippen LogP contribution >= 0.6 is 0 Å². The van der Waals surface area contributed by atoms with E-state index in [9.17, 15) is 4.79 Å². The first-order chi connectivity index (χ1) is 14.5. The summed E-state index contributed by atoms with van der Waals surface area (Å²) in [6.45, 7) is 11.1. The number of hydrogen-bond acceptors (Lipinski definition) is 5. The van der Waals surface area contributed by atoms with E-state index < -0.39 is 0 Å². The van der Waals surface area contributed by atoms with Crippen molar-refractivity contribution in [1.29, 1.82) is 0 Å². The molecule has 1 saturated heterocycles. The topological polar surface area (TPSA) is 87.2 Å². The van der Waals surface area contributed by atoms with Crippen LogP contribution in [0.5, 0.6) is 5.75 Å². The molecule has 0 radical (unpaired) electrons. The van der Waals surface area contributed by atoms with Crippen LogP contribution in [0.25, 0.3) is 0 Å². The van der Waals surface area contributed by atoms with Crippen molar-refractivity contribution in [2.24, 2.45) is 4.99 Å². The molecule has 8 heteroatoms. The lowest BCUT2D eigenvalue weighted by Gasteiger charge is -2.34. The van der Waals surface area contributed by atoms with Crippen molar-refractivity contribution >= 4 is 11.9 Å². The van der Waals surface area contributed by atoms with Crippen LogP contribution in [0.2, 0.25) is 0 Å². The monoisotopic (exact) mass is 419 g/mol. The maximum Gasteiger partial charge on any atom is 0.221 e. The van der Waals surface area contributed by atoms with Gasteiger partial charge in [0.25, 0.3) is 0 Å². The summed E-state index contributed by atoms with van der Waals surface area (Å²) in [5, 5.41) is 9.44. The summed E-state index contributed by atoms with van der Waals surface area (Å²) in [6, 6.07) is 8.49. The third-order valence-corrected chi connectivity index (χ3v) is 4.85. The highest BCUT2D eigenvalue weighted by Crippen LogP contribution is 2.24. The zero-order valence-electron chi connectivity index (χ0n) is 18.7. The Morgan fingerprint density at radius 1 is 1.20 bits per heavy atom. The molecule has 1 fully saturated rings. The van der Waals surface area contributed by atoms with Crippen molar-refractivity contribution in [3.05, 3.63) is 29.8 Å². The van der Waals surface area contributed by atoms with Crippen LogP contribution < -0.4 is 20.7 Å². The van der Waals surface area contributed by atoms with E-state index >= 15 is 0 Å². The minimum atomic E-state index is 0.0396. The van der Waals surface area contributed by atoms with Crippen molar-refractivity contribution in [3.63, 3.8) is 0 Å². The molecule has 0 bridgehead atoms. The van der Waals surface area contributed by atoms with Crippen molar-refractivity contribution in [3.8, 4) is 5.75 Å². The van der Waals surface area contributed by atoms with Crippen molar-refractivity contribution in [2.45, 2.75) is 39.3 Å². The molecule has 1 atom stereocenters. The van der Waals surface area contributed by atoms with Gasteiger partial charge in [-0.25, -0.2) is 0 Å². The number of guanidine groups is 1. The molecule has 1 aromatic carbocycles. The van der Waals surface area contributed by atoms with Gasteiger partial charge in [-0.3, -0.25) is 14.7 Å². The lowest BCUT2D eigenvalue weighted by molar-refractivity contribution is -0.121. The molecule has 1 aromatic rings. The molecule has 0 spiro atoms. The fourth-order valence-electron chi connectivity index (χ4n) is 3.35. The predicted molar refractivity (Wildman–Crippen MR) is 120 cm³/mol. The van der Waals surface area contributed by atoms with E-state index in [1.807, 2.05) is 32.9 Å². The van der Waals surface area contributed by atoms with E-state index in [0.29, 0.717) is 19.5 Å². The molecule has 0 aliphatic carbocycles. The normalized spacial score (nSPS) is 16.2. The van der Waals surface area contributed by atoms with Gasteiger partial charge in [0.15, 0.2) is 5.96 Å². The standard InChI is InChI=1S/C22H37N5O3/c1-5-23-22(24-11-10-21(28)26-17(2)3)25-16-20(27-12-14-30-15-13-27)18-6-8-19(29-4)9-7-18/h6-9,17,20H,5,10-16H2,1-4H3,(H,26,28)(H2,23,24,25). The number of carbonyl (C=O) groups is 1. The van der Waals surface area contributed by atoms with Gasteiger partial charge in [-0.05, 0) is 38.5 Å². The molecule has 0 aromatic heterocycles. The molecule has 30 heavy (non-hydrogen) atoms. The zero-order chi connectivity index (χ0) is 21.8. The number of aliphatic imine (C=N–C) groups is 1. The number of nitrogens with zero attached hydrogens (tertiary/aromatic N) is 2. The molecule has 0 saturated carbocycles. The van der Waals surface area contributed by atoms with Crippen LogP contribution in [0, 0.1) is 0 Å². The number of benzene rings is 1. The second-order valence-corrected chi connectivity index (χ2v) is 7.56. The molecule has 168 valence electrons. The van der Waals surface area contributed by atoms with Gasteiger partial charge in [0, 0.05) is 38.6 Å². The fraction of sp³-hybridized carbons (Fsp3) is 0.636. The highest BCUT2D eigenvalue weighted by Gasteiger charge is 2.22. The first kappa shape index (κ1) is 24.0. The Labute approximate surface area is 180 Å². The summed E-state index contributed by atoms with van der Waals surface area (Å²) in [5.41, 5.74) is 1.20. The Bertz CT molecular complexity index is 657. The summed E-state index contributed by atoms with van der Waals surface area (Å²) in [7, 11) is 1.68. The van der Waals surface area contributed by atoms with Crippen LogP contribution in [0.1, 0.15) is 38.8 Å². The third kappa shape index (κ3) is 8.20. The van der Waals surface area contributed by atoms with Gasteiger partial charge in [-0.2, -0.15) is 0 Å². The first-order valence-electron chi connectivity index (χ1n) is 10.8. The number of amides is 1. The number of morpholine rings is 1. The molecular weight excluding hydrogens is 382 g/mol. The number of methoxy groups -OCH3 is 1. The number of nitrogens with one attached hydrogen (secondary N) is 3. The van der Waals surface area contributed by atoms with E-state index in [4.69, 9.17) is 14.5 Å². The average molecular weight is 420 g/mol. The molecular formula is C22H37N5O3. The van der Waals surface area contributed by atoms with Gasteiger partial charge in [0.1, 0.15) is 5.75 Å². The summed E-state index contributed by atoms with van der Waals surface area (Å²) in [5.74, 6) is 1.61. The number of ether oxygens (including phenoxy) is 2. The summed E-state index contributed by atoms with van der Waals surface area (Å²) < 4.78 is 10.8. The van der Waals surface area contributed by atoms with Gasteiger partial charge in [0.2, 0.25) is 5.91 Å². The summed E-state index contributed by atoms with van der Waals surface area (Å²) in [4.78, 5) is 19.1. The Morgan fingerprint density at radius 2 is 1.90 bits per heavy atom. The maximum absolute atomic E-state index is 11.9. The molecule has 1 aliphatic heterocycles. The lowest BCUT2D eigenvalue weighted by atomic mass is 10.0. The molecule has 1 aliphatic rings. The van der Waals surface area contributed by atoms with Crippen molar-refractivity contribution < 1.29 is 14.3 Å². The third-order valence-electron chi connectivity index (χ3n) is 4.85. The molecule has 1 unspecified atom stereocenters. The number of rotatable bonds is 10. The highest BCUT2D eigenvalue weighted by molar-refractivity contribution is 5.81. The predicted octanol–water partition coefficient (Wildman–Crippen LogP) is 1.54. The SMILES string of the molecule is CCNC(=NCC(c1ccc(OC)cc1)N1CCOCC1)NCCC(=O)NC(C)C. The van der Waals surface area contributed by atoms with E-state index in [2.05, 4.69) is 33.0 Å². The molecule has 3 N–H and O–H groups in total. The van der Waals surface area contributed by atoms with Gasteiger partial charge >= 0.3 is 0 Å². The highest BCUT2D eigenvalue weighted by atomic mass is 16.5. The van der Waals surface area contributed by atoms with Crippen molar-refractivity contribution in [1.82, 2.24) is 20.9 Å². The van der Waals surface area contributed by atoms with E-state index in [-0.39, 0.29) is 18.0 Å². The second-order valence-electron chi connectivity index (χ2n) is 7.56. The summed E-state index contributed by atoms with van der Waals surface area (Å²) in [6.07, 6.45) is 0.411. The van der Waals surface area contributed by atoms with Crippen molar-refractivity contribution in [2.75, 3.05) is 53.0 Å². The zero-order valence-corrected chi connectivity index (χ0v) is 18.7. The van der Waals surface area contributed by atoms with Crippen LogP contribution in [0.4, 0.5) is 0 Å². The van der Waals surface area contributed by atoms with Gasteiger partial charge in [-0.1, -0.05) is 12.1 Å².